The Hall–Kier alpha value is -2.90. The summed E-state index contributed by atoms with van der Waals surface area (Å²) in [6.45, 7) is -0.464. The first-order valence-corrected chi connectivity index (χ1v) is 8.28. The first-order valence-electron chi connectivity index (χ1n) is 7.91. The number of para-hydroxylation sites is 1. The van der Waals surface area contributed by atoms with Crippen molar-refractivity contribution in [1.82, 2.24) is 0 Å². The molecule has 27 heavy (non-hydrogen) atoms. The molecule has 0 aliphatic rings. The van der Waals surface area contributed by atoms with Crippen LogP contribution < -0.4 is 5.32 Å². The molecule has 0 bridgehead atoms. The highest BCUT2D eigenvalue weighted by Crippen LogP contribution is 2.27. The molecule has 1 aromatic heterocycles. The number of carbonyl (C=O) groups is 2. The Bertz CT molecular complexity index is 1000. The number of hydrogen-bond donors (Lipinski definition) is 1. The van der Waals surface area contributed by atoms with Crippen LogP contribution in [0.15, 0.2) is 46.9 Å². The van der Waals surface area contributed by atoms with E-state index in [9.17, 15) is 14.0 Å². The highest BCUT2D eigenvalue weighted by Gasteiger charge is 2.22. The van der Waals surface area contributed by atoms with Crippen LogP contribution in [0.5, 0.6) is 0 Å². The summed E-state index contributed by atoms with van der Waals surface area (Å²) in [5, 5.41) is 3.23. The molecule has 1 amide bonds. The quantitative estimate of drug-likeness (QED) is 0.638. The molecule has 0 fully saturated rings. The third kappa shape index (κ3) is 4.27. The van der Waals surface area contributed by atoms with Gasteiger partial charge in [-0.05, 0) is 24.3 Å². The van der Waals surface area contributed by atoms with Gasteiger partial charge in [-0.2, -0.15) is 0 Å². The number of anilines is 1. The first-order chi connectivity index (χ1) is 13.0. The van der Waals surface area contributed by atoms with Gasteiger partial charge >= 0.3 is 5.97 Å². The number of carbonyl (C=O) groups excluding carboxylic acids is 2. The highest BCUT2D eigenvalue weighted by atomic mass is 35.5. The van der Waals surface area contributed by atoms with Crippen LogP contribution in [0.3, 0.4) is 0 Å². The van der Waals surface area contributed by atoms with Crippen LogP contribution in [0.25, 0.3) is 11.0 Å². The van der Waals surface area contributed by atoms with Crippen LogP contribution in [-0.2, 0) is 20.9 Å². The van der Waals surface area contributed by atoms with Crippen molar-refractivity contribution in [2.24, 2.45) is 0 Å². The Kier molecular flexibility index (Phi) is 5.73. The number of nitrogens with one attached hydrogen (secondary N) is 1. The molecule has 140 valence electrons. The zero-order chi connectivity index (χ0) is 19.4. The Morgan fingerprint density at radius 3 is 2.74 bits per heavy atom. The van der Waals surface area contributed by atoms with Gasteiger partial charge in [0.05, 0.1) is 12.3 Å². The second-order valence-electron chi connectivity index (χ2n) is 5.59. The van der Waals surface area contributed by atoms with E-state index in [-0.39, 0.29) is 23.1 Å². The van der Waals surface area contributed by atoms with Crippen molar-refractivity contribution in [1.29, 1.82) is 0 Å². The number of hydrogen-bond acceptors (Lipinski definition) is 5. The molecule has 3 rings (SSSR count). The van der Waals surface area contributed by atoms with Gasteiger partial charge in [-0.25, -0.2) is 9.18 Å². The largest absolute Gasteiger partial charge is 0.450 e. The summed E-state index contributed by atoms with van der Waals surface area (Å²) >= 11 is 5.66. The maximum absolute atomic E-state index is 13.7. The van der Waals surface area contributed by atoms with Gasteiger partial charge < -0.3 is 19.2 Å². The van der Waals surface area contributed by atoms with Gasteiger partial charge in [-0.3, -0.25) is 4.79 Å². The van der Waals surface area contributed by atoms with Crippen LogP contribution in [0.1, 0.15) is 16.1 Å². The van der Waals surface area contributed by atoms with Crippen LogP contribution in [0, 0.1) is 5.82 Å². The summed E-state index contributed by atoms with van der Waals surface area (Å²) < 4.78 is 29.3. The Balaban J connectivity index is 1.69. The fourth-order valence-corrected chi connectivity index (χ4v) is 2.68. The van der Waals surface area contributed by atoms with Gasteiger partial charge in [-0.15, -0.1) is 0 Å². The van der Waals surface area contributed by atoms with Gasteiger partial charge in [0.15, 0.2) is 6.61 Å². The van der Waals surface area contributed by atoms with E-state index in [1.807, 2.05) is 0 Å². The fourth-order valence-electron chi connectivity index (χ4n) is 2.53. The highest BCUT2D eigenvalue weighted by molar-refractivity contribution is 6.30. The van der Waals surface area contributed by atoms with Gasteiger partial charge in [0.1, 0.15) is 11.4 Å². The Morgan fingerprint density at radius 1 is 1.22 bits per heavy atom. The zero-order valence-corrected chi connectivity index (χ0v) is 15.0. The van der Waals surface area contributed by atoms with E-state index in [1.165, 1.54) is 19.2 Å². The molecule has 0 aliphatic carbocycles. The SMILES string of the molecule is COCc1c(C(=O)OCC(=O)Nc2ccc(Cl)cc2F)oc2ccccc12. The number of rotatable bonds is 6. The molecule has 8 heteroatoms. The van der Waals surface area contributed by atoms with Crippen molar-refractivity contribution in [3.63, 3.8) is 0 Å². The molecule has 1 N–H and O–H groups in total. The van der Waals surface area contributed by atoms with Crippen LogP contribution in [0.4, 0.5) is 10.1 Å². The lowest BCUT2D eigenvalue weighted by Crippen LogP contribution is -2.21. The number of amides is 1. The second kappa shape index (κ2) is 8.20. The molecular weight excluding hydrogens is 377 g/mol. The number of ether oxygens (including phenoxy) is 2. The zero-order valence-electron chi connectivity index (χ0n) is 14.3. The fraction of sp³-hybridized carbons (Fsp3) is 0.158. The van der Waals surface area contributed by atoms with Crippen molar-refractivity contribution in [2.75, 3.05) is 19.0 Å². The van der Waals surface area contributed by atoms with Gasteiger partial charge in [0.2, 0.25) is 5.76 Å². The average molecular weight is 392 g/mol. The van der Waals surface area contributed by atoms with Gasteiger partial charge in [-0.1, -0.05) is 29.8 Å². The molecule has 1 heterocycles. The van der Waals surface area contributed by atoms with Crippen LogP contribution in [0.2, 0.25) is 5.02 Å². The number of benzene rings is 2. The Labute approximate surface area is 158 Å². The lowest BCUT2D eigenvalue weighted by atomic mass is 10.1. The molecule has 6 nitrogen and oxygen atoms in total. The molecule has 2 aromatic carbocycles. The summed E-state index contributed by atoms with van der Waals surface area (Å²) in [6, 6.07) is 10.9. The summed E-state index contributed by atoms with van der Waals surface area (Å²) in [5.74, 6) is -2.25. The van der Waals surface area contributed by atoms with E-state index in [2.05, 4.69) is 5.32 Å². The third-order valence-electron chi connectivity index (χ3n) is 3.71. The predicted octanol–water partition coefficient (Wildman–Crippen LogP) is 4.17. The van der Waals surface area contributed by atoms with Crippen LogP contribution >= 0.6 is 11.6 Å². The molecule has 0 saturated carbocycles. The molecular formula is C19H15ClFNO5. The first kappa shape index (κ1) is 18.9. The van der Waals surface area contributed by atoms with E-state index >= 15 is 0 Å². The van der Waals surface area contributed by atoms with Crippen molar-refractivity contribution in [3.8, 4) is 0 Å². The lowest BCUT2D eigenvalue weighted by molar-refractivity contribution is -0.119. The number of methoxy groups -OCH3 is 1. The minimum atomic E-state index is -0.815. The average Bonchev–Trinajstić information content (AvgIpc) is 3.01. The molecule has 0 aliphatic heterocycles. The van der Waals surface area contributed by atoms with Crippen LogP contribution in [-0.4, -0.2) is 25.6 Å². The molecule has 0 unspecified atom stereocenters. The number of halogens is 2. The lowest BCUT2D eigenvalue weighted by Gasteiger charge is -2.07. The van der Waals surface area contributed by atoms with Crippen molar-refractivity contribution < 1.29 is 27.9 Å². The summed E-state index contributed by atoms with van der Waals surface area (Å²) in [6.07, 6.45) is 0. The standard InChI is InChI=1S/C19H15ClFNO5/c1-25-9-13-12-4-2-3-5-16(12)27-18(13)19(24)26-10-17(23)22-15-7-6-11(20)8-14(15)21/h2-8H,9-10H2,1H3,(H,22,23). The summed E-state index contributed by atoms with van der Waals surface area (Å²) in [4.78, 5) is 24.3. The Morgan fingerprint density at radius 2 is 2.00 bits per heavy atom. The minimum absolute atomic E-state index is 0.0384. The summed E-state index contributed by atoms with van der Waals surface area (Å²) in [5.41, 5.74) is 0.968. The monoisotopic (exact) mass is 391 g/mol. The van der Waals surface area contributed by atoms with E-state index in [0.717, 1.165) is 11.5 Å². The topological polar surface area (TPSA) is 77.8 Å². The maximum atomic E-state index is 13.7. The number of esters is 1. The molecule has 0 saturated heterocycles. The molecule has 0 atom stereocenters. The van der Waals surface area contributed by atoms with Crippen molar-refractivity contribution >= 4 is 40.1 Å². The van der Waals surface area contributed by atoms with E-state index < -0.39 is 24.3 Å². The van der Waals surface area contributed by atoms with Crippen molar-refractivity contribution in [2.45, 2.75) is 6.61 Å². The number of fused-ring (bicyclic) bond motifs is 1. The van der Waals surface area contributed by atoms with E-state index in [1.54, 1.807) is 24.3 Å². The van der Waals surface area contributed by atoms with E-state index in [4.69, 9.17) is 25.5 Å². The molecule has 0 spiro atoms. The second-order valence-corrected chi connectivity index (χ2v) is 6.02. The predicted molar refractivity (Wildman–Crippen MR) is 97.2 cm³/mol. The van der Waals surface area contributed by atoms with Gasteiger partial charge in [0, 0.05) is 23.1 Å². The van der Waals surface area contributed by atoms with Gasteiger partial charge in [0.25, 0.3) is 5.91 Å². The molecule has 3 aromatic rings. The maximum Gasteiger partial charge on any atom is 0.375 e. The van der Waals surface area contributed by atoms with Crippen molar-refractivity contribution in [3.05, 3.63) is 64.6 Å². The summed E-state index contributed by atoms with van der Waals surface area (Å²) in [7, 11) is 1.49. The molecule has 0 radical (unpaired) electrons. The normalized spacial score (nSPS) is 10.8. The number of furan rings is 1. The smallest absolute Gasteiger partial charge is 0.375 e. The van der Waals surface area contributed by atoms with E-state index in [0.29, 0.717) is 11.1 Å². The third-order valence-corrected chi connectivity index (χ3v) is 3.95. The minimum Gasteiger partial charge on any atom is -0.450 e.